The van der Waals surface area contributed by atoms with Crippen molar-refractivity contribution < 1.29 is 14.3 Å². The number of ketones is 1. The second-order valence-electron chi connectivity index (χ2n) is 7.89. The molecular formula is C25H31N3O3. The van der Waals surface area contributed by atoms with Gasteiger partial charge in [0.05, 0.1) is 24.2 Å². The van der Waals surface area contributed by atoms with Crippen LogP contribution in [0.3, 0.4) is 0 Å². The summed E-state index contributed by atoms with van der Waals surface area (Å²) < 4.78 is 4.65. The SMILES string of the molecule is CCc1c(-c2ccc[nH]2)[nH]c(/C=C2\N=C(C)C(C(=O)CCCCC(=O)OC)=C2C)c1C. The lowest BCUT2D eigenvalue weighted by molar-refractivity contribution is -0.140. The Hall–Kier alpha value is -3.15. The standard InChI is InChI=1S/C25H31N3O3/c1-6-18-15(2)20(28-25(18)19-10-9-13-26-19)14-21-16(3)24(17(4)27-21)22(29)11-7-8-12-23(30)31-5/h9-10,13-14,26,28H,6-8,11-12H2,1-5H3/b21-14-. The quantitative estimate of drug-likeness (QED) is 0.425. The van der Waals surface area contributed by atoms with Crippen LogP contribution in [0.5, 0.6) is 0 Å². The minimum Gasteiger partial charge on any atom is -0.469 e. The van der Waals surface area contributed by atoms with Crippen molar-refractivity contribution in [2.45, 2.75) is 59.8 Å². The summed E-state index contributed by atoms with van der Waals surface area (Å²) in [4.78, 5) is 35.5. The van der Waals surface area contributed by atoms with Crippen LogP contribution in [0.4, 0.5) is 0 Å². The van der Waals surface area contributed by atoms with Gasteiger partial charge < -0.3 is 14.7 Å². The van der Waals surface area contributed by atoms with Gasteiger partial charge in [0, 0.05) is 36.0 Å². The number of carbonyl (C=O) groups excluding carboxylic acids is 2. The van der Waals surface area contributed by atoms with Crippen LogP contribution in [0.15, 0.2) is 40.2 Å². The number of aromatic nitrogens is 2. The molecule has 0 radical (unpaired) electrons. The van der Waals surface area contributed by atoms with E-state index in [4.69, 9.17) is 0 Å². The number of aliphatic imine (C=N–C) groups is 1. The van der Waals surface area contributed by atoms with Crippen molar-refractivity contribution in [1.29, 1.82) is 0 Å². The number of esters is 1. The minimum atomic E-state index is -0.238. The van der Waals surface area contributed by atoms with Gasteiger partial charge in [-0.2, -0.15) is 0 Å². The molecule has 0 fully saturated rings. The van der Waals surface area contributed by atoms with Crippen LogP contribution in [0.2, 0.25) is 0 Å². The van der Waals surface area contributed by atoms with Crippen LogP contribution in [0, 0.1) is 6.92 Å². The predicted molar refractivity (Wildman–Crippen MR) is 124 cm³/mol. The van der Waals surface area contributed by atoms with Gasteiger partial charge in [-0.1, -0.05) is 6.92 Å². The highest BCUT2D eigenvalue weighted by atomic mass is 16.5. The van der Waals surface area contributed by atoms with Gasteiger partial charge in [0.25, 0.3) is 0 Å². The Kier molecular flexibility index (Phi) is 7.10. The molecule has 0 unspecified atom stereocenters. The summed E-state index contributed by atoms with van der Waals surface area (Å²) in [6.45, 7) is 8.11. The molecule has 2 N–H and O–H groups in total. The van der Waals surface area contributed by atoms with Gasteiger partial charge >= 0.3 is 5.97 Å². The van der Waals surface area contributed by atoms with E-state index < -0.39 is 0 Å². The van der Waals surface area contributed by atoms with Crippen LogP contribution >= 0.6 is 0 Å². The second-order valence-corrected chi connectivity index (χ2v) is 7.89. The van der Waals surface area contributed by atoms with E-state index in [9.17, 15) is 9.59 Å². The van der Waals surface area contributed by atoms with Crippen molar-refractivity contribution in [3.63, 3.8) is 0 Å². The Bertz CT molecular complexity index is 1070. The number of allylic oxidation sites excluding steroid dienone is 2. The highest BCUT2D eigenvalue weighted by Crippen LogP contribution is 2.32. The van der Waals surface area contributed by atoms with Gasteiger partial charge in [0.15, 0.2) is 5.78 Å². The summed E-state index contributed by atoms with van der Waals surface area (Å²) >= 11 is 0. The van der Waals surface area contributed by atoms with Crippen LogP contribution in [0.25, 0.3) is 17.5 Å². The highest BCUT2D eigenvalue weighted by molar-refractivity contribution is 6.24. The average molecular weight is 422 g/mol. The van der Waals surface area contributed by atoms with Gasteiger partial charge in [-0.15, -0.1) is 0 Å². The molecular weight excluding hydrogens is 390 g/mol. The summed E-state index contributed by atoms with van der Waals surface area (Å²) in [5.74, 6) is -0.158. The monoisotopic (exact) mass is 421 g/mol. The van der Waals surface area contributed by atoms with Crippen LogP contribution in [-0.2, 0) is 20.7 Å². The second kappa shape index (κ2) is 9.77. The molecule has 3 rings (SSSR count). The van der Waals surface area contributed by atoms with E-state index in [1.165, 1.54) is 18.2 Å². The lowest BCUT2D eigenvalue weighted by Gasteiger charge is -2.04. The third kappa shape index (κ3) is 4.79. The average Bonchev–Trinajstić information content (AvgIpc) is 3.44. The fourth-order valence-electron chi connectivity index (χ4n) is 4.15. The number of methoxy groups -OCH3 is 1. The summed E-state index contributed by atoms with van der Waals surface area (Å²) in [5.41, 5.74) is 8.83. The number of H-pyrrole nitrogens is 2. The summed E-state index contributed by atoms with van der Waals surface area (Å²) in [6.07, 6.45) is 6.93. The molecule has 0 bridgehead atoms. The fourth-order valence-corrected chi connectivity index (χ4v) is 4.15. The number of hydrogen-bond donors (Lipinski definition) is 2. The van der Waals surface area contributed by atoms with E-state index in [0.717, 1.165) is 40.5 Å². The first kappa shape index (κ1) is 22.5. The molecule has 6 heteroatoms. The third-order valence-electron chi connectivity index (χ3n) is 5.87. The molecule has 2 aromatic heterocycles. The number of nitrogens with one attached hydrogen (secondary N) is 2. The highest BCUT2D eigenvalue weighted by Gasteiger charge is 2.24. The molecule has 6 nitrogen and oxygen atoms in total. The lowest BCUT2D eigenvalue weighted by Crippen LogP contribution is -2.09. The van der Waals surface area contributed by atoms with Gasteiger partial charge in [-0.25, -0.2) is 0 Å². The largest absolute Gasteiger partial charge is 0.469 e. The van der Waals surface area contributed by atoms with Gasteiger partial charge in [0.2, 0.25) is 0 Å². The maximum atomic E-state index is 12.8. The number of carbonyl (C=O) groups is 2. The number of aromatic amines is 2. The third-order valence-corrected chi connectivity index (χ3v) is 5.87. The van der Waals surface area contributed by atoms with Gasteiger partial charge in [-0.3, -0.25) is 14.6 Å². The van der Waals surface area contributed by atoms with E-state index in [1.54, 1.807) is 0 Å². The number of unbranched alkanes of at least 4 members (excludes halogenated alkanes) is 1. The molecule has 164 valence electrons. The van der Waals surface area contributed by atoms with E-state index in [1.807, 2.05) is 32.2 Å². The van der Waals surface area contributed by atoms with Gasteiger partial charge in [-0.05, 0) is 74.9 Å². The molecule has 2 aromatic rings. The lowest BCUT2D eigenvalue weighted by atomic mass is 9.97. The van der Waals surface area contributed by atoms with Crippen molar-refractivity contribution in [3.8, 4) is 11.4 Å². The molecule has 0 saturated heterocycles. The Morgan fingerprint density at radius 3 is 2.55 bits per heavy atom. The zero-order chi connectivity index (χ0) is 22.5. The zero-order valence-electron chi connectivity index (χ0n) is 19.0. The molecule has 1 aliphatic heterocycles. The topological polar surface area (TPSA) is 87.3 Å². The van der Waals surface area contributed by atoms with E-state index >= 15 is 0 Å². The molecule has 31 heavy (non-hydrogen) atoms. The zero-order valence-corrected chi connectivity index (χ0v) is 19.0. The number of ether oxygens (including phenoxy) is 1. The van der Waals surface area contributed by atoms with E-state index in [2.05, 4.69) is 39.6 Å². The number of hydrogen-bond acceptors (Lipinski definition) is 4. The van der Waals surface area contributed by atoms with Gasteiger partial charge in [0.1, 0.15) is 0 Å². The van der Waals surface area contributed by atoms with Crippen molar-refractivity contribution in [2.24, 2.45) is 4.99 Å². The maximum Gasteiger partial charge on any atom is 0.305 e. The Morgan fingerprint density at radius 2 is 1.90 bits per heavy atom. The van der Waals surface area contributed by atoms with Crippen molar-refractivity contribution in [1.82, 2.24) is 9.97 Å². The first-order chi connectivity index (χ1) is 14.9. The molecule has 0 aromatic carbocycles. The predicted octanol–water partition coefficient (Wildman–Crippen LogP) is 5.32. The molecule has 0 aliphatic carbocycles. The van der Waals surface area contributed by atoms with Crippen LogP contribution in [0.1, 0.15) is 63.3 Å². The summed E-state index contributed by atoms with van der Waals surface area (Å²) in [6, 6.07) is 4.05. The van der Waals surface area contributed by atoms with Crippen molar-refractivity contribution >= 4 is 23.5 Å². The number of rotatable bonds is 9. The van der Waals surface area contributed by atoms with E-state index in [0.29, 0.717) is 31.3 Å². The maximum absolute atomic E-state index is 12.8. The first-order valence-electron chi connectivity index (χ1n) is 10.8. The van der Waals surface area contributed by atoms with Crippen LogP contribution in [-0.4, -0.2) is 34.5 Å². The van der Waals surface area contributed by atoms with Crippen LogP contribution < -0.4 is 0 Å². The Balaban J connectivity index is 1.82. The molecule has 3 heterocycles. The smallest absolute Gasteiger partial charge is 0.305 e. The molecule has 1 aliphatic rings. The fraction of sp³-hybridized carbons (Fsp3) is 0.400. The molecule has 0 spiro atoms. The molecule has 0 saturated carbocycles. The van der Waals surface area contributed by atoms with Crippen molar-refractivity contribution in [3.05, 3.63) is 52.0 Å². The summed E-state index contributed by atoms with van der Waals surface area (Å²) in [7, 11) is 1.38. The van der Waals surface area contributed by atoms with E-state index in [-0.39, 0.29) is 11.8 Å². The first-order valence-corrected chi connectivity index (χ1v) is 10.8. The molecule has 0 atom stereocenters. The summed E-state index contributed by atoms with van der Waals surface area (Å²) in [5, 5.41) is 0. The molecule has 0 amide bonds. The minimum absolute atomic E-state index is 0.0801. The van der Waals surface area contributed by atoms with Crippen molar-refractivity contribution in [2.75, 3.05) is 7.11 Å². The Labute approximate surface area is 183 Å². The normalized spacial score (nSPS) is 15.0. The number of Topliss-reactive ketones (excluding diaryl/α,β-unsaturated/α-hetero) is 1. The Morgan fingerprint density at radius 1 is 1.16 bits per heavy atom. The number of nitrogens with zero attached hydrogens (tertiary/aromatic N) is 1.